The van der Waals surface area contributed by atoms with Crippen molar-refractivity contribution >= 4 is 27.5 Å². The fraction of sp³-hybridized carbons (Fsp3) is 0.529. The highest BCUT2D eigenvalue weighted by atomic mass is 32.1. The van der Waals surface area contributed by atoms with Gasteiger partial charge >= 0.3 is 0 Å². The Hall–Kier alpha value is -1.50. The number of rotatable bonds is 3. The summed E-state index contributed by atoms with van der Waals surface area (Å²) < 4.78 is 0.932. The van der Waals surface area contributed by atoms with Crippen LogP contribution in [-0.4, -0.2) is 45.2 Å². The standard InChI is InChI=1S/C17H22N2O3S/c1-10-7-11(2)9-19(8-10)17(22)15(21)14(20)16-18-12-5-3-4-6-13(12)23-16/h3-6,10-11,14-15,20-21H,7-9H2,1-2H3. The van der Waals surface area contributed by atoms with Gasteiger partial charge in [-0.25, -0.2) is 4.98 Å². The van der Waals surface area contributed by atoms with E-state index < -0.39 is 18.1 Å². The minimum absolute atomic E-state index is 0.380. The Labute approximate surface area is 139 Å². The minimum atomic E-state index is -1.46. The first-order valence-corrected chi connectivity index (χ1v) is 8.77. The van der Waals surface area contributed by atoms with E-state index in [0.717, 1.165) is 16.6 Å². The Morgan fingerprint density at radius 2 is 1.91 bits per heavy atom. The Morgan fingerprint density at radius 1 is 1.26 bits per heavy atom. The highest BCUT2D eigenvalue weighted by Crippen LogP contribution is 2.29. The number of benzene rings is 1. The highest BCUT2D eigenvalue weighted by molar-refractivity contribution is 7.18. The zero-order chi connectivity index (χ0) is 16.6. The molecular formula is C17H22N2O3S. The molecule has 5 nitrogen and oxygen atoms in total. The van der Waals surface area contributed by atoms with Gasteiger partial charge in [0.15, 0.2) is 6.10 Å². The number of likely N-dealkylation sites (tertiary alicyclic amines) is 1. The number of piperidine rings is 1. The summed E-state index contributed by atoms with van der Waals surface area (Å²) in [6.45, 7) is 5.47. The molecular weight excluding hydrogens is 312 g/mol. The van der Waals surface area contributed by atoms with Gasteiger partial charge in [-0.2, -0.15) is 0 Å². The zero-order valence-electron chi connectivity index (χ0n) is 13.3. The largest absolute Gasteiger partial charge is 0.383 e. The van der Waals surface area contributed by atoms with Gasteiger partial charge < -0.3 is 15.1 Å². The molecule has 4 unspecified atom stereocenters. The summed E-state index contributed by atoms with van der Waals surface area (Å²) in [5.74, 6) is 0.416. The van der Waals surface area contributed by atoms with Crippen LogP contribution in [-0.2, 0) is 4.79 Å². The van der Waals surface area contributed by atoms with Crippen LogP contribution in [0.2, 0.25) is 0 Å². The number of para-hydroxylation sites is 1. The van der Waals surface area contributed by atoms with Crippen LogP contribution in [0.25, 0.3) is 10.2 Å². The third kappa shape index (κ3) is 3.39. The summed E-state index contributed by atoms with van der Waals surface area (Å²) in [6.07, 6.45) is -1.67. The fourth-order valence-electron chi connectivity index (χ4n) is 3.32. The highest BCUT2D eigenvalue weighted by Gasteiger charge is 2.34. The Morgan fingerprint density at radius 3 is 2.57 bits per heavy atom. The molecule has 1 aromatic carbocycles. The van der Waals surface area contributed by atoms with Crippen molar-refractivity contribution in [3.63, 3.8) is 0 Å². The molecule has 1 saturated heterocycles. The SMILES string of the molecule is CC1CC(C)CN(C(=O)C(O)C(O)c2nc3ccccc3s2)C1. The van der Waals surface area contributed by atoms with Crippen LogP contribution in [0.5, 0.6) is 0 Å². The average Bonchev–Trinajstić information content (AvgIpc) is 2.95. The predicted octanol–water partition coefficient (Wildman–Crippen LogP) is 2.20. The molecule has 2 heterocycles. The second kappa shape index (κ2) is 6.55. The third-order valence-corrected chi connectivity index (χ3v) is 5.40. The Balaban J connectivity index is 1.75. The second-order valence-electron chi connectivity index (χ2n) is 6.60. The van der Waals surface area contributed by atoms with Gasteiger partial charge in [-0.05, 0) is 30.4 Å². The minimum Gasteiger partial charge on any atom is -0.383 e. The van der Waals surface area contributed by atoms with Gasteiger partial charge in [0.25, 0.3) is 5.91 Å². The van der Waals surface area contributed by atoms with Crippen LogP contribution in [0.4, 0.5) is 0 Å². The predicted molar refractivity (Wildman–Crippen MR) is 90.1 cm³/mol. The number of thiazole rings is 1. The molecule has 0 bridgehead atoms. The van der Waals surface area contributed by atoms with Crippen LogP contribution >= 0.6 is 11.3 Å². The molecule has 0 radical (unpaired) electrons. The number of aliphatic hydroxyl groups is 2. The smallest absolute Gasteiger partial charge is 0.254 e. The van der Waals surface area contributed by atoms with Gasteiger partial charge in [0.1, 0.15) is 11.1 Å². The number of carbonyl (C=O) groups excluding carboxylic acids is 1. The quantitative estimate of drug-likeness (QED) is 0.902. The van der Waals surface area contributed by atoms with Crippen molar-refractivity contribution in [3.8, 4) is 0 Å². The number of hydrogen-bond acceptors (Lipinski definition) is 5. The third-order valence-electron chi connectivity index (χ3n) is 4.30. The monoisotopic (exact) mass is 334 g/mol. The van der Waals surface area contributed by atoms with Crippen LogP contribution in [0.15, 0.2) is 24.3 Å². The summed E-state index contributed by atoms with van der Waals surface area (Å²) in [5, 5.41) is 21.1. The van der Waals surface area contributed by atoms with Gasteiger partial charge in [-0.3, -0.25) is 4.79 Å². The number of hydrogen-bond donors (Lipinski definition) is 2. The van der Waals surface area contributed by atoms with E-state index in [-0.39, 0.29) is 0 Å². The molecule has 1 aromatic heterocycles. The van der Waals surface area contributed by atoms with Crippen molar-refractivity contribution in [1.82, 2.24) is 9.88 Å². The molecule has 0 spiro atoms. The van der Waals surface area contributed by atoms with Crippen LogP contribution in [0, 0.1) is 11.8 Å². The molecule has 1 amide bonds. The summed E-state index contributed by atoms with van der Waals surface area (Å²) in [5.41, 5.74) is 0.770. The number of aromatic nitrogens is 1. The molecule has 0 aliphatic carbocycles. The lowest BCUT2D eigenvalue weighted by Gasteiger charge is -2.36. The number of fused-ring (bicyclic) bond motifs is 1. The molecule has 1 aliphatic heterocycles. The van der Waals surface area contributed by atoms with Crippen molar-refractivity contribution in [2.75, 3.05) is 13.1 Å². The fourth-order valence-corrected chi connectivity index (χ4v) is 4.30. The molecule has 1 fully saturated rings. The van der Waals surface area contributed by atoms with E-state index in [1.807, 2.05) is 24.3 Å². The lowest BCUT2D eigenvalue weighted by atomic mass is 9.91. The maximum atomic E-state index is 12.5. The van der Waals surface area contributed by atoms with Gasteiger partial charge in [0, 0.05) is 13.1 Å². The van der Waals surface area contributed by atoms with Gasteiger partial charge in [-0.15, -0.1) is 11.3 Å². The van der Waals surface area contributed by atoms with Crippen LogP contribution in [0.1, 0.15) is 31.4 Å². The molecule has 2 aromatic rings. The Kier molecular flexibility index (Phi) is 4.66. The van der Waals surface area contributed by atoms with Gasteiger partial charge in [0.2, 0.25) is 0 Å². The molecule has 23 heavy (non-hydrogen) atoms. The molecule has 2 N–H and O–H groups in total. The molecule has 124 valence electrons. The molecule has 3 rings (SSSR count). The number of nitrogens with zero attached hydrogens (tertiary/aromatic N) is 2. The topological polar surface area (TPSA) is 73.7 Å². The average molecular weight is 334 g/mol. The zero-order valence-corrected chi connectivity index (χ0v) is 14.2. The number of carbonyl (C=O) groups is 1. The number of aliphatic hydroxyl groups excluding tert-OH is 2. The van der Waals surface area contributed by atoms with Gasteiger partial charge in [-0.1, -0.05) is 26.0 Å². The van der Waals surface area contributed by atoms with Crippen molar-refractivity contribution in [1.29, 1.82) is 0 Å². The second-order valence-corrected chi connectivity index (χ2v) is 7.66. The molecule has 1 aliphatic rings. The maximum absolute atomic E-state index is 12.5. The van der Waals surface area contributed by atoms with E-state index in [4.69, 9.17) is 0 Å². The summed E-state index contributed by atoms with van der Waals surface area (Å²) in [4.78, 5) is 18.5. The van der Waals surface area contributed by atoms with E-state index in [1.54, 1.807) is 4.90 Å². The summed E-state index contributed by atoms with van der Waals surface area (Å²) in [7, 11) is 0. The van der Waals surface area contributed by atoms with Crippen molar-refractivity contribution in [2.24, 2.45) is 11.8 Å². The first kappa shape index (κ1) is 16.4. The van der Waals surface area contributed by atoms with E-state index in [9.17, 15) is 15.0 Å². The summed E-state index contributed by atoms with van der Waals surface area (Å²) >= 11 is 1.31. The number of amides is 1. The first-order chi connectivity index (χ1) is 11.0. The first-order valence-electron chi connectivity index (χ1n) is 7.96. The molecule has 6 heteroatoms. The normalized spacial score (nSPS) is 24.6. The van der Waals surface area contributed by atoms with E-state index in [2.05, 4.69) is 18.8 Å². The van der Waals surface area contributed by atoms with E-state index in [0.29, 0.717) is 29.9 Å². The van der Waals surface area contributed by atoms with E-state index in [1.165, 1.54) is 11.3 Å². The van der Waals surface area contributed by atoms with Crippen LogP contribution < -0.4 is 0 Å². The lowest BCUT2D eigenvalue weighted by Crippen LogP contribution is -2.48. The molecule has 4 atom stereocenters. The Bertz CT molecular complexity index is 659. The van der Waals surface area contributed by atoms with Crippen molar-refractivity contribution in [3.05, 3.63) is 29.3 Å². The lowest BCUT2D eigenvalue weighted by molar-refractivity contribution is -0.149. The van der Waals surface area contributed by atoms with Crippen LogP contribution in [0.3, 0.4) is 0 Å². The van der Waals surface area contributed by atoms with Gasteiger partial charge in [0.05, 0.1) is 10.2 Å². The van der Waals surface area contributed by atoms with E-state index >= 15 is 0 Å². The molecule has 0 saturated carbocycles. The summed E-state index contributed by atoms with van der Waals surface area (Å²) in [6, 6.07) is 7.53. The van der Waals surface area contributed by atoms with Crippen molar-refractivity contribution < 1.29 is 15.0 Å². The maximum Gasteiger partial charge on any atom is 0.254 e. The van der Waals surface area contributed by atoms with Crippen molar-refractivity contribution in [2.45, 2.75) is 32.5 Å².